The monoisotopic (exact) mass is 474 g/mol. The van der Waals surface area contributed by atoms with Crippen molar-refractivity contribution >= 4 is 46.3 Å². The van der Waals surface area contributed by atoms with Crippen LogP contribution in [-0.2, 0) is 4.79 Å². The SMILES string of the molecule is Cc1cc(O)c(C)c(O)c1/C=N/NC(=O)COc1ccc(Cl)cc1I. The van der Waals surface area contributed by atoms with Gasteiger partial charge in [0.15, 0.2) is 6.61 Å². The Bertz CT molecular complexity index is 840. The van der Waals surface area contributed by atoms with Crippen molar-refractivity contribution in [1.29, 1.82) is 0 Å². The molecule has 2 aromatic carbocycles. The average molecular weight is 475 g/mol. The Morgan fingerprint density at radius 3 is 2.76 bits per heavy atom. The number of amides is 1. The molecule has 0 aliphatic rings. The highest BCUT2D eigenvalue weighted by atomic mass is 127. The Hall–Kier alpha value is -2.00. The molecule has 0 fully saturated rings. The standard InChI is InChI=1S/C17H16ClIN2O4/c1-9-5-14(22)10(2)17(24)12(9)7-20-21-16(23)8-25-15-4-3-11(18)6-13(15)19/h3-7,22,24H,8H2,1-2H3,(H,21,23)/b20-7+. The minimum absolute atomic E-state index is 0.00199. The summed E-state index contributed by atoms with van der Waals surface area (Å²) in [4.78, 5) is 11.8. The molecule has 6 nitrogen and oxygen atoms in total. The van der Waals surface area contributed by atoms with Crippen molar-refractivity contribution in [2.75, 3.05) is 6.61 Å². The summed E-state index contributed by atoms with van der Waals surface area (Å²) in [5, 5.41) is 24.1. The zero-order valence-electron chi connectivity index (χ0n) is 13.5. The number of ether oxygens (including phenoxy) is 1. The number of carbonyl (C=O) groups excluding carboxylic acids is 1. The largest absolute Gasteiger partial charge is 0.508 e. The van der Waals surface area contributed by atoms with E-state index in [-0.39, 0.29) is 18.1 Å². The van der Waals surface area contributed by atoms with Crippen molar-refractivity contribution in [3.63, 3.8) is 0 Å². The van der Waals surface area contributed by atoms with Gasteiger partial charge < -0.3 is 14.9 Å². The number of halogens is 2. The van der Waals surface area contributed by atoms with Gasteiger partial charge in [-0.15, -0.1) is 0 Å². The van der Waals surface area contributed by atoms with Crippen molar-refractivity contribution in [2.45, 2.75) is 13.8 Å². The number of nitrogens with zero attached hydrogens (tertiary/aromatic N) is 1. The van der Waals surface area contributed by atoms with Gasteiger partial charge >= 0.3 is 0 Å². The van der Waals surface area contributed by atoms with Gasteiger partial charge in [0, 0.05) is 16.1 Å². The molecule has 0 saturated carbocycles. The van der Waals surface area contributed by atoms with E-state index in [4.69, 9.17) is 16.3 Å². The number of carbonyl (C=O) groups is 1. The molecule has 3 N–H and O–H groups in total. The zero-order valence-corrected chi connectivity index (χ0v) is 16.4. The van der Waals surface area contributed by atoms with Gasteiger partial charge in [-0.2, -0.15) is 5.10 Å². The van der Waals surface area contributed by atoms with Crippen molar-refractivity contribution in [1.82, 2.24) is 5.43 Å². The Balaban J connectivity index is 1.96. The van der Waals surface area contributed by atoms with E-state index in [1.54, 1.807) is 32.0 Å². The molecular weight excluding hydrogens is 459 g/mol. The van der Waals surface area contributed by atoms with Crippen molar-refractivity contribution in [3.8, 4) is 17.2 Å². The van der Waals surface area contributed by atoms with Crippen molar-refractivity contribution in [2.24, 2.45) is 5.10 Å². The molecule has 0 aliphatic carbocycles. The van der Waals surface area contributed by atoms with E-state index in [9.17, 15) is 15.0 Å². The van der Waals surface area contributed by atoms with E-state index in [1.807, 2.05) is 0 Å². The molecule has 0 unspecified atom stereocenters. The highest BCUT2D eigenvalue weighted by molar-refractivity contribution is 14.1. The maximum absolute atomic E-state index is 11.8. The summed E-state index contributed by atoms with van der Waals surface area (Å²) in [6.45, 7) is 3.09. The first kappa shape index (κ1) is 19.3. The lowest BCUT2D eigenvalue weighted by Gasteiger charge is -2.09. The highest BCUT2D eigenvalue weighted by Gasteiger charge is 2.11. The molecule has 0 atom stereocenters. The van der Waals surface area contributed by atoms with E-state index in [2.05, 4.69) is 33.1 Å². The zero-order chi connectivity index (χ0) is 18.6. The molecule has 132 valence electrons. The quantitative estimate of drug-likeness (QED) is 0.351. The summed E-state index contributed by atoms with van der Waals surface area (Å²) in [6.07, 6.45) is 1.32. The predicted molar refractivity (Wildman–Crippen MR) is 105 cm³/mol. The average Bonchev–Trinajstić information content (AvgIpc) is 2.55. The third kappa shape index (κ3) is 4.99. The van der Waals surface area contributed by atoms with Crippen LogP contribution in [0.1, 0.15) is 16.7 Å². The van der Waals surface area contributed by atoms with Gasteiger partial charge in [-0.3, -0.25) is 4.79 Å². The van der Waals surface area contributed by atoms with Crippen LogP contribution in [0.2, 0.25) is 5.02 Å². The van der Waals surface area contributed by atoms with E-state index in [0.717, 1.165) is 3.57 Å². The Labute approximate surface area is 163 Å². The van der Waals surface area contributed by atoms with Crippen LogP contribution in [0.25, 0.3) is 0 Å². The van der Waals surface area contributed by atoms with Gasteiger partial charge in [0.1, 0.15) is 17.2 Å². The fraction of sp³-hybridized carbons (Fsp3) is 0.176. The van der Waals surface area contributed by atoms with Gasteiger partial charge in [-0.1, -0.05) is 11.6 Å². The number of phenols is 2. The van der Waals surface area contributed by atoms with Gasteiger partial charge in [0.2, 0.25) is 0 Å². The van der Waals surface area contributed by atoms with Crippen LogP contribution in [0.5, 0.6) is 17.2 Å². The number of hydrogen-bond acceptors (Lipinski definition) is 5. The Morgan fingerprint density at radius 1 is 1.36 bits per heavy atom. The number of benzene rings is 2. The Kier molecular flexibility index (Phi) is 6.49. The summed E-state index contributed by atoms with van der Waals surface area (Å²) in [6, 6.07) is 6.60. The maximum Gasteiger partial charge on any atom is 0.277 e. The molecule has 0 heterocycles. The van der Waals surface area contributed by atoms with Crippen LogP contribution in [-0.4, -0.2) is 28.9 Å². The van der Waals surface area contributed by atoms with Crippen molar-refractivity contribution in [3.05, 3.63) is 49.5 Å². The molecule has 2 aromatic rings. The second-order valence-electron chi connectivity index (χ2n) is 5.26. The molecule has 2 rings (SSSR count). The summed E-state index contributed by atoms with van der Waals surface area (Å²) in [5.74, 6) is 0.0195. The predicted octanol–water partition coefficient (Wildman–Crippen LogP) is 3.50. The second-order valence-corrected chi connectivity index (χ2v) is 6.86. The number of phenolic OH excluding ortho intramolecular Hbond substituents is 2. The summed E-state index contributed by atoms with van der Waals surface area (Å²) in [5.41, 5.74) is 3.72. The van der Waals surface area contributed by atoms with Crippen molar-refractivity contribution < 1.29 is 19.7 Å². The van der Waals surface area contributed by atoms with Gasteiger partial charge in [0.25, 0.3) is 5.91 Å². The maximum atomic E-state index is 11.8. The molecule has 0 spiro atoms. The third-order valence-corrected chi connectivity index (χ3v) is 4.49. The molecule has 0 aromatic heterocycles. The molecule has 25 heavy (non-hydrogen) atoms. The fourth-order valence-electron chi connectivity index (χ4n) is 2.00. The molecule has 8 heteroatoms. The molecular formula is C17H16ClIN2O4. The van der Waals surface area contributed by atoms with Crippen LogP contribution >= 0.6 is 34.2 Å². The lowest BCUT2D eigenvalue weighted by molar-refractivity contribution is -0.123. The first-order valence-electron chi connectivity index (χ1n) is 7.21. The van der Waals surface area contributed by atoms with Crippen LogP contribution < -0.4 is 10.2 Å². The molecule has 0 saturated heterocycles. The number of aryl methyl sites for hydroxylation is 1. The number of aromatic hydroxyl groups is 2. The smallest absolute Gasteiger partial charge is 0.277 e. The number of nitrogens with one attached hydrogen (secondary N) is 1. The van der Waals surface area contributed by atoms with Gasteiger partial charge in [-0.05, 0) is 66.3 Å². The summed E-state index contributed by atoms with van der Waals surface area (Å²) < 4.78 is 6.20. The molecule has 0 radical (unpaired) electrons. The molecule has 0 aliphatic heterocycles. The minimum Gasteiger partial charge on any atom is -0.508 e. The first-order chi connectivity index (χ1) is 11.8. The minimum atomic E-state index is -0.449. The second kappa shape index (κ2) is 8.39. The lowest BCUT2D eigenvalue weighted by atomic mass is 10.0. The number of rotatable bonds is 5. The summed E-state index contributed by atoms with van der Waals surface area (Å²) in [7, 11) is 0. The fourth-order valence-corrected chi connectivity index (χ4v) is 3.03. The lowest BCUT2D eigenvalue weighted by Crippen LogP contribution is -2.24. The van der Waals surface area contributed by atoms with Crippen LogP contribution in [0.15, 0.2) is 29.4 Å². The highest BCUT2D eigenvalue weighted by Crippen LogP contribution is 2.31. The van der Waals surface area contributed by atoms with E-state index >= 15 is 0 Å². The van der Waals surface area contributed by atoms with E-state index in [1.165, 1.54) is 12.3 Å². The topological polar surface area (TPSA) is 91.1 Å². The number of hydrogen-bond donors (Lipinski definition) is 3. The summed E-state index contributed by atoms with van der Waals surface area (Å²) >= 11 is 7.92. The van der Waals surface area contributed by atoms with Gasteiger partial charge in [0.05, 0.1) is 9.78 Å². The molecule has 1 amide bonds. The normalized spacial score (nSPS) is 10.9. The number of hydrazone groups is 1. The Morgan fingerprint density at radius 2 is 2.08 bits per heavy atom. The molecule has 0 bridgehead atoms. The first-order valence-corrected chi connectivity index (χ1v) is 8.67. The third-order valence-electron chi connectivity index (χ3n) is 3.41. The van der Waals surface area contributed by atoms with Gasteiger partial charge in [-0.25, -0.2) is 5.43 Å². The van der Waals surface area contributed by atoms with Crippen LogP contribution in [0.3, 0.4) is 0 Å². The van der Waals surface area contributed by atoms with Crippen LogP contribution in [0.4, 0.5) is 0 Å². The van der Waals surface area contributed by atoms with E-state index in [0.29, 0.717) is 27.5 Å². The van der Waals surface area contributed by atoms with E-state index < -0.39 is 5.91 Å². The van der Waals surface area contributed by atoms with Crippen LogP contribution in [0, 0.1) is 17.4 Å².